The molecule has 0 fully saturated rings. The number of unbranched alkanes of at least 4 members (excludes halogenated alkanes) is 1. The van der Waals surface area contributed by atoms with E-state index < -0.39 is 17.4 Å². The summed E-state index contributed by atoms with van der Waals surface area (Å²) in [6.07, 6.45) is 1.75. The van der Waals surface area contributed by atoms with E-state index in [0.29, 0.717) is 31.5 Å². The molecule has 2 aromatic rings. The number of para-hydroxylation sites is 1. The number of likely N-dealkylation sites (N-methyl/N-ethyl adjacent to an activating group) is 1. The zero-order valence-corrected chi connectivity index (χ0v) is 15.3. The number of amides is 2. The van der Waals surface area contributed by atoms with Gasteiger partial charge in [-0.1, -0.05) is 18.2 Å². The fourth-order valence-corrected chi connectivity index (χ4v) is 2.64. The Morgan fingerprint density at radius 3 is 2.48 bits per heavy atom. The van der Waals surface area contributed by atoms with E-state index in [0.717, 1.165) is 9.36 Å². The van der Waals surface area contributed by atoms with Gasteiger partial charge in [0.15, 0.2) is 0 Å². The molecule has 1 atom stereocenters. The Kier molecular flexibility index (Phi) is 6.98. The lowest BCUT2D eigenvalue weighted by molar-refractivity contribution is -0.127. The maximum Gasteiger partial charge on any atom is 0.371 e. The molecule has 1 aromatic carbocycles. The van der Waals surface area contributed by atoms with Crippen LogP contribution in [0.3, 0.4) is 0 Å². The number of benzene rings is 1. The lowest BCUT2D eigenvalue weighted by atomic mass is 10.1. The van der Waals surface area contributed by atoms with E-state index in [2.05, 4.69) is 21.2 Å². The summed E-state index contributed by atoms with van der Waals surface area (Å²) in [5, 5.41) is 7.56. The number of rotatable bonds is 9. The lowest BCUT2D eigenvalue weighted by Crippen LogP contribution is -2.44. The first-order valence-electron chi connectivity index (χ1n) is 8.66. The maximum absolute atomic E-state index is 12.3. The Labute approximate surface area is 155 Å². The maximum atomic E-state index is 12.3. The molecule has 0 bridgehead atoms. The first kappa shape index (κ1) is 20.0. The van der Waals surface area contributed by atoms with Crippen LogP contribution in [0.2, 0.25) is 0 Å². The number of aromatic nitrogens is 3. The molecule has 146 valence electrons. The third-order valence-corrected chi connectivity index (χ3v) is 3.94. The Morgan fingerprint density at radius 1 is 1.15 bits per heavy atom. The van der Waals surface area contributed by atoms with Crippen LogP contribution in [0.15, 0.2) is 39.9 Å². The average Bonchev–Trinajstić information content (AvgIpc) is 2.93. The van der Waals surface area contributed by atoms with Crippen molar-refractivity contribution in [3.05, 3.63) is 51.3 Å². The zero-order chi connectivity index (χ0) is 19.8. The number of carbonyl (C=O) groups is 2. The van der Waals surface area contributed by atoms with Crippen molar-refractivity contribution < 1.29 is 9.59 Å². The van der Waals surface area contributed by atoms with Crippen LogP contribution in [0.25, 0.3) is 5.69 Å². The highest BCUT2D eigenvalue weighted by Crippen LogP contribution is 2.02. The van der Waals surface area contributed by atoms with E-state index in [4.69, 9.17) is 0 Å². The Bertz CT molecular complexity index is 883. The molecule has 10 heteroatoms. The summed E-state index contributed by atoms with van der Waals surface area (Å²) in [5.41, 5.74) is 2.26. The highest BCUT2D eigenvalue weighted by molar-refractivity contribution is 5.86. The third-order valence-electron chi connectivity index (χ3n) is 3.94. The molecule has 4 N–H and O–H groups in total. The quantitative estimate of drug-likeness (QED) is 0.430. The van der Waals surface area contributed by atoms with Crippen molar-refractivity contribution in [2.24, 2.45) is 0 Å². The molecule has 0 saturated carbocycles. The van der Waals surface area contributed by atoms with Crippen molar-refractivity contribution >= 4 is 11.8 Å². The molecular formula is C17H24N6O4. The Balaban J connectivity index is 1.89. The normalized spacial score (nSPS) is 11.6. The summed E-state index contributed by atoms with van der Waals surface area (Å²) in [4.78, 5) is 48.3. The molecule has 0 aliphatic rings. The Hall–Kier alpha value is -3.30. The van der Waals surface area contributed by atoms with E-state index in [9.17, 15) is 19.2 Å². The highest BCUT2D eigenvalue weighted by atomic mass is 16.2. The van der Waals surface area contributed by atoms with Crippen molar-refractivity contribution in [2.45, 2.75) is 32.2 Å². The fourth-order valence-electron chi connectivity index (χ4n) is 2.64. The van der Waals surface area contributed by atoms with Crippen LogP contribution in [0.5, 0.6) is 0 Å². The number of nitrogens with zero attached hydrogens (tertiary/aromatic N) is 2. The largest absolute Gasteiger partial charge is 0.371 e. The van der Waals surface area contributed by atoms with Gasteiger partial charge in [0.05, 0.1) is 5.69 Å². The number of nitrogens with one attached hydrogen (secondary N) is 4. The Morgan fingerprint density at radius 2 is 1.85 bits per heavy atom. The van der Waals surface area contributed by atoms with Gasteiger partial charge in [-0.05, 0) is 31.4 Å². The van der Waals surface area contributed by atoms with Gasteiger partial charge < -0.3 is 16.1 Å². The average molecular weight is 376 g/mol. The smallest absolute Gasteiger partial charge is 0.357 e. The third kappa shape index (κ3) is 5.33. The standard InChI is InChI=1S/C17H24N6O4/c1-12(24)20-14(15(25)18-2)10-6-7-11-19-23-17(27)22(16(26)21-23)13-8-4-3-5-9-13/h3-5,8-9,14,19H,6-7,10-11H2,1-2H3,(H,18,25)(H,20,24)(H,21,26)/t14-/m0/s1. The van der Waals surface area contributed by atoms with E-state index >= 15 is 0 Å². The monoisotopic (exact) mass is 376 g/mol. The summed E-state index contributed by atoms with van der Waals surface area (Å²) in [6.45, 7) is 1.77. The van der Waals surface area contributed by atoms with Crippen LogP contribution in [0.4, 0.5) is 0 Å². The minimum absolute atomic E-state index is 0.251. The van der Waals surface area contributed by atoms with Gasteiger partial charge in [-0.3, -0.25) is 9.59 Å². The molecule has 0 aliphatic carbocycles. The number of carbonyl (C=O) groups excluding carboxylic acids is 2. The number of H-pyrrole nitrogens is 1. The molecule has 2 amide bonds. The first-order chi connectivity index (χ1) is 12.9. The van der Waals surface area contributed by atoms with Crippen LogP contribution in [-0.4, -0.2) is 45.9 Å². The summed E-state index contributed by atoms with van der Waals surface area (Å²) in [6, 6.07) is 8.03. The van der Waals surface area contributed by atoms with Crippen LogP contribution >= 0.6 is 0 Å². The molecule has 1 aromatic heterocycles. The molecule has 1 heterocycles. The molecule has 0 aliphatic heterocycles. The minimum atomic E-state index is -0.589. The molecule has 0 saturated heterocycles. The van der Waals surface area contributed by atoms with Crippen LogP contribution in [0, 0.1) is 0 Å². The summed E-state index contributed by atoms with van der Waals surface area (Å²) < 4.78 is 1.03. The SMILES string of the molecule is CNC(=O)[C@H](CCCCNn1[nH]c(=O)n(-c2ccccc2)c1=O)NC(C)=O. The number of hydrogen-bond donors (Lipinski definition) is 4. The summed E-state index contributed by atoms with van der Waals surface area (Å²) in [5.74, 6) is -0.522. The van der Waals surface area contributed by atoms with Crippen molar-refractivity contribution in [3.8, 4) is 5.69 Å². The van der Waals surface area contributed by atoms with Crippen LogP contribution in [-0.2, 0) is 9.59 Å². The lowest BCUT2D eigenvalue weighted by Gasteiger charge is -2.16. The summed E-state index contributed by atoms with van der Waals surface area (Å²) in [7, 11) is 1.51. The van der Waals surface area contributed by atoms with E-state index in [1.54, 1.807) is 30.3 Å². The summed E-state index contributed by atoms with van der Waals surface area (Å²) >= 11 is 0. The van der Waals surface area contributed by atoms with Gasteiger partial charge in [-0.25, -0.2) is 19.3 Å². The van der Waals surface area contributed by atoms with E-state index in [1.165, 1.54) is 14.0 Å². The topological polar surface area (TPSA) is 130 Å². The van der Waals surface area contributed by atoms with Gasteiger partial charge in [0.25, 0.3) is 0 Å². The van der Waals surface area contributed by atoms with Crippen molar-refractivity contribution in [1.29, 1.82) is 0 Å². The van der Waals surface area contributed by atoms with Crippen molar-refractivity contribution in [2.75, 3.05) is 19.0 Å². The van der Waals surface area contributed by atoms with E-state index in [1.807, 2.05) is 0 Å². The predicted octanol–water partition coefficient (Wildman–Crippen LogP) is -0.708. The van der Waals surface area contributed by atoms with Gasteiger partial charge >= 0.3 is 11.4 Å². The van der Waals surface area contributed by atoms with Crippen molar-refractivity contribution in [1.82, 2.24) is 25.1 Å². The van der Waals surface area contributed by atoms with Gasteiger partial charge in [-0.2, -0.15) is 0 Å². The van der Waals surface area contributed by atoms with Gasteiger partial charge in [0, 0.05) is 20.5 Å². The molecule has 10 nitrogen and oxygen atoms in total. The minimum Gasteiger partial charge on any atom is -0.357 e. The van der Waals surface area contributed by atoms with Gasteiger partial charge in [-0.15, -0.1) is 4.79 Å². The molecule has 0 spiro atoms. The van der Waals surface area contributed by atoms with Gasteiger partial charge in [0.2, 0.25) is 11.8 Å². The molecule has 27 heavy (non-hydrogen) atoms. The fraction of sp³-hybridized carbons (Fsp3) is 0.412. The van der Waals surface area contributed by atoms with Crippen molar-refractivity contribution in [3.63, 3.8) is 0 Å². The van der Waals surface area contributed by atoms with Crippen LogP contribution in [0.1, 0.15) is 26.2 Å². The number of aromatic amines is 1. The highest BCUT2D eigenvalue weighted by Gasteiger charge is 2.17. The van der Waals surface area contributed by atoms with E-state index in [-0.39, 0.29) is 11.8 Å². The molecule has 2 rings (SSSR count). The number of hydrogen-bond acceptors (Lipinski definition) is 5. The second kappa shape index (κ2) is 9.41. The zero-order valence-electron chi connectivity index (χ0n) is 15.3. The van der Waals surface area contributed by atoms with Gasteiger partial charge in [0.1, 0.15) is 6.04 Å². The molecule has 0 unspecified atom stereocenters. The first-order valence-corrected chi connectivity index (χ1v) is 8.66. The van der Waals surface area contributed by atoms with Crippen LogP contribution < -0.4 is 27.4 Å². The second-order valence-electron chi connectivity index (χ2n) is 5.98. The predicted molar refractivity (Wildman–Crippen MR) is 100 cm³/mol. The molecular weight excluding hydrogens is 352 g/mol. The second-order valence-corrected chi connectivity index (χ2v) is 5.98. The molecule has 0 radical (unpaired) electrons.